The number of rotatable bonds is 11. The Morgan fingerprint density at radius 1 is 0.951 bits per heavy atom. The van der Waals surface area contributed by atoms with Crippen LogP contribution in [0.3, 0.4) is 0 Å². The highest BCUT2D eigenvalue weighted by Gasteiger charge is 2.22. The molecule has 10 heteroatoms. The van der Waals surface area contributed by atoms with E-state index < -0.39 is 11.9 Å². The molecule has 0 saturated carbocycles. The van der Waals surface area contributed by atoms with E-state index in [-0.39, 0.29) is 13.2 Å². The van der Waals surface area contributed by atoms with Crippen LogP contribution in [0, 0.1) is 0 Å². The molecule has 0 atom stereocenters. The lowest BCUT2D eigenvalue weighted by atomic mass is 10.0. The molecule has 4 aromatic rings. The van der Waals surface area contributed by atoms with Gasteiger partial charge in [0.2, 0.25) is 5.91 Å². The molecule has 0 aliphatic rings. The summed E-state index contributed by atoms with van der Waals surface area (Å²) in [6.07, 6.45) is 3.01. The maximum Gasteiger partial charge on any atom is 0.341 e. The van der Waals surface area contributed by atoms with Crippen LogP contribution in [-0.4, -0.2) is 32.7 Å². The number of anilines is 1. The number of carbonyl (C=O) groups excluding carboxylic acids is 2. The molecule has 0 bridgehead atoms. The second-order valence-electron chi connectivity index (χ2n) is 8.52. The summed E-state index contributed by atoms with van der Waals surface area (Å²) in [6, 6.07) is 17.8. The summed E-state index contributed by atoms with van der Waals surface area (Å²) in [5, 5.41) is 6.03. The van der Waals surface area contributed by atoms with Crippen LogP contribution in [0.25, 0.3) is 17.2 Å². The van der Waals surface area contributed by atoms with Gasteiger partial charge in [-0.1, -0.05) is 47.5 Å². The molecule has 4 rings (SSSR count). The average Bonchev–Trinajstić information content (AvgIpc) is 3.39. The van der Waals surface area contributed by atoms with Crippen LogP contribution in [0.1, 0.15) is 28.4 Å². The minimum atomic E-state index is -0.516. The standard InChI is InChI=1S/C31H27Cl2NO6S/c1-4-39-31(36)29-23(20-10-12-21(37-2)13-11-20)18-41-30(29)34-28(35)15-9-19-8-14-26(27(16-19)38-3)40-17-22-24(32)6-5-7-25(22)33/h5-16,18H,4,17H2,1-3H3,(H,34,35)/b15-9+. The minimum absolute atomic E-state index is 0.161. The van der Waals surface area contributed by atoms with E-state index in [9.17, 15) is 9.59 Å². The Hall–Kier alpha value is -3.98. The lowest BCUT2D eigenvalue weighted by molar-refractivity contribution is -0.111. The summed E-state index contributed by atoms with van der Waals surface area (Å²) in [5.41, 5.74) is 3.13. The fourth-order valence-electron chi connectivity index (χ4n) is 3.89. The average molecular weight is 613 g/mol. The second-order valence-corrected chi connectivity index (χ2v) is 10.2. The monoisotopic (exact) mass is 611 g/mol. The number of amides is 1. The lowest BCUT2D eigenvalue weighted by Crippen LogP contribution is -2.12. The molecule has 0 radical (unpaired) electrons. The molecule has 0 aliphatic carbocycles. The number of ether oxygens (including phenoxy) is 4. The molecule has 0 saturated heterocycles. The van der Waals surface area contributed by atoms with Crippen molar-refractivity contribution in [3.63, 3.8) is 0 Å². The second kappa shape index (κ2) is 14.1. The lowest BCUT2D eigenvalue weighted by Gasteiger charge is -2.13. The molecular formula is C31H27Cl2NO6S. The predicted molar refractivity (Wildman–Crippen MR) is 164 cm³/mol. The van der Waals surface area contributed by atoms with Crippen LogP contribution in [0.5, 0.6) is 17.2 Å². The van der Waals surface area contributed by atoms with Gasteiger partial charge in [0, 0.05) is 32.6 Å². The van der Waals surface area contributed by atoms with Gasteiger partial charge in [-0.25, -0.2) is 4.79 Å². The van der Waals surface area contributed by atoms with Gasteiger partial charge in [0.05, 0.1) is 20.8 Å². The molecule has 212 valence electrons. The quantitative estimate of drug-likeness (QED) is 0.136. The zero-order valence-corrected chi connectivity index (χ0v) is 24.9. The van der Waals surface area contributed by atoms with E-state index in [1.807, 2.05) is 17.5 Å². The number of halogens is 2. The van der Waals surface area contributed by atoms with E-state index in [1.54, 1.807) is 68.6 Å². The fraction of sp³-hybridized carbons (Fsp3) is 0.161. The van der Waals surface area contributed by atoms with Gasteiger partial charge in [-0.15, -0.1) is 11.3 Å². The number of esters is 1. The highest BCUT2D eigenvalue weighted by molar-refractivity contribution is 7.15. The number of benzene rings is 3. The van der Waals surface area contributed by atoms with Crippen molar-refractivity contribution in [3.8, 4) is 28.4 Å². The van der Waals surface area contributed by atoms with Crippen LogP contribution < -0.4 is 19.5 Å². The van der Waals surface area contributed by atoms with Crippen LogP contribution in [0.4, 0.5) is 5.00 Å². The molecule has 7 nitrogen and oxygen atoms in total. The smallest absolute Gasteiger partial charge is 0.341 e. The molecule has 1 amide bonds. The van der Waals surface area contributed by atoms with Gasteiger partial charge in [-0.05, 0) is 60.5 Å². The highest BCUT2D eigenvalue weighted by Crippen LogP contribution is 2.37. The van der Waals surface area contributed by atoms with Crippen molar-refractivity contribution in [1.82, 2.24) is 0 Å². The number of hydrogen-bond donors (Lipinski definition) is 1. The molecule has 1 N–H and O–H groups in total. The Morgan fingerprint density at radius 3 is 2.34 bits per heavy atom. The first-order valence-corrected chi connectivity index (χ1v) is 14.1. The third kappa shape index (κ3) is 7.41. The van der Waals surface area contributed by atoms with Gasteiger partial charge in [-0.3, -0.25) is 4.79 Å². The molecule has 0 unspecified atom stereocenters. The number of nitrogens with one attached hydrogen (secondary N) is 1. The Bertz CT molecular complexity index is 1550. The summed E-state index contributed by atoms with van der Waals surface area (Å²) in [7, 11) is 3.11. The molecule has 0 aliphatic heterocycles. The first-order valence-electron chi connectivity index (χ1n) is 12.5. The van der Waals surface area contributed by atoms with Crippen molar-refractivity contribution in [2.45, 2.75) is 13.5 Å². The number of thiophene rings is 1. The van der Waals surface area contributed by atoms with Crippen LogP contribution >= 0.6 is 34.5 Å². The zero-order chi connectivity index (χ0) is 29.4. The topological polar surface area (TPSA) is 83.1 Å². The Labute approximate surface area is 252 Å². The predicted octanol–water partition coefficient (Wildman–Crippen LogP) is 8.15. The Morgan fingerprint density at radius 2 is 1.68 bits per heavy atom. The number of methoxy groups -OCH3 is 2. The van der Waals surface area contributed by atoms with E-state index in [1.165, 1.54) is 24.5 Å². The molecule has 0 spiro atoms. The van der Waals surface area contributed by atoms with E-state index >= 15 is 0 Å². The Balaban J connectivity index is 1.49. The summed E-state index contributed by atoms with van der Waals surface area (Å²) in [6.45, 7) is 2.10. The zero-order valence-electron chi connectivity index (χ0n) is 22.5. The molecule has 3 aromatic carbocycles. The third-order valence-corrected chi connectivity index (χ3v) is 7.56. The van der Waals surface area contributed by atoms with E-state index in [0.717, 1.165) is 5.56 Å². The number of carbonyl (C=O) groups is 2. The third-order valence-electron chi connectivity index (χ3n) is 5.96. The van der Waals surface area contributed by atoms with Gasteiger partial charge in [0.1, 0.15) is 22.9 Å². The van der Waals surface area contributed by atoms with Crippen LogP contribution in [0.15, 0.2) is 72.1 Å². The van der Waals surface area contributed by atoms with Crippen LogP contribution in [-0.2, 0) is 16.1 Å². The SMILES string of the molecule is CCOC(=O)c1c(-c2ccc(OC)cc2)csc1NC(=O)/C=C/c1ccc(OCc2c(Cl)cccc2Cl)c(OC)c1. The van der Waals surface area contributed by atoms with Crippen molar-refractivity contribution in [3.05, 3.63) is 98.9 Å². The van der Waals surface area contributed by atoms with Gasteiger partial charge in [-0.2, -0.15) is 0 Å². The van der Waals surface area contributed by atoms with Crippen molar-refractivity contribution in [1.29, 1.82) is 0 Å². The normalized spacial score (nSPS) is 10.9. The molecule has 41 heavy (non-hydrogen) atoms. The van der Waals surface area contributed by atoms with Gasteiger partial charge >= 0.3 is 5.97 Å². The van der Waals surface area contributed by atoms with Crippen molar-refractivity contribution >= 4 is 57.5 Å². The van der Waals surface area contributed by atoms with E-state index in [4.69, 9.17) is 42.1 Å². The van der Waals surface area contributed by atoms with Crippen LogP contribution in [0.2, 0.25) is 10.0 Å². The first kappa shape index (κ1) is 30.0. The first-order chi connectivity index (χ1) is 19.8. The van der Waals surface area contributed by atoms with E-state index in [0.29, 0.717) is 54.5 Å². The molecule has 1 aromatic heterocycles. The number of hydrogen-bond acceptors (Lipinski definition) is 7. The fourth-order valence-corrected chi connectivity index (χ4v) is 5.36. The van der Waals surface area contributed by atoms with Crippen molar-refractivity contribution in [2.24, 2.45) is 0 Å². The van der Waals surface area contributed by atoms with Gasteiger partial charge in [0.25, 0.3) is 0 Å². The highest BCUT2D eigenvalue weighted by atomic mass is 35.5. The maximum absolute atomic E-state index is 12.9. The van der Waals surface area contributed by atoms with E-state index in [2.05, 4.69) is 5.32 Å². The van der Waals surface area contributed by atoms with Crippen molar-refractivity contribution in [2.75, 3.05) is 26.1 Å². The molecular weight excluding hydrogens is 585 g/mol. The molecule has 0 fully saturated rings. The largest absolute Gasteiger partial charge is 0.497 e. The van der Waals surface area contributed by atoms with Gasteiger partial charge < -0.3 is 24.3 Å². The summed E-state index contributed by atoms with van der Waals surface area (Å²) in [5.74, 6) is 0.738. The maximum atomic E-state index is 12.9. The van der Waals surface area contributed by atoms with Gasteiger partial charge in [0.15, 0.2) is 11.5 Å². The van der Waals surface area contributed by atoms with Crippen molar-refractivity contribution < 1.29 is 28.5 Å². The summed E-state index contributed by atoms with van der Waals surface area (Å²) < 4.78 is 21.9. The summed E-state index contributed by atoms with van der Waals surface area (Å²) >= 11 is 13.7. The summed E-state index contributed by atoms with van der Waals surface area (Å²) in [4.78, 5) is 25.7. The minimum Gasteiger partial charge on any atom is -0.497 e. The molecule has 1 heterocycles. The Kier molecular flexibility index (Phi) is 10.3.